The van der Waals surface area contributed by atoms with Crippen molar-refractivity contribution >= 4 is 35.0 Å². The van der Waals surface area contributed by atoms with Crippen molar-refractivity contribution in [2.45, 2.75) is 38.8 Å². The first-order valence-electron chi connectivity index (χ1n) is 7.07. The molecule has 22 heavy (non-hydrogen) atoms. The Hall–Kier alpha value is -1.30. The molecule has 0 heterocycles. The summed E-state index contributed by atoms with van der Waals surface area (Å²) in [6.45, 7) is 3.79. The zero-order valence-corrected chi connectivity index (χ0v) is 14.0. The molecule has 0 radical (unpaired) electrons. The maximum atomic E-state index is 12.1. The molecule has 2 atom stereocenters. The molecule has 1 aromatic rings. The van der Waals surface area contributed by atoms with Crippen molar-refractivity contribution in [3.63, 3.8) is 0 Å². The van der Waals surface area contributed by atoms with E-state index in [1.54, 1.807) is 19.1 Å². The van der Waals surface area contributed by atoms with Gasteiger partial charge in [-0.1, -0.05) is 36.2 Å². The van der Waals surface area contributed by atoms with Gasteiger partial charge < -0.3 is 15.7 Å². The van der Waals surface area contributed by atoms with Gasteiger partial charge in [-0.3, -0.25) is 9.59 Å². The van der Waals surface area contributed by atoms with Crippen LogP contribution in [0.2, 0.25) is 10.0 Å². The summed E-state index contributed by atoms with van der Waals surface area (Å²) in [6.07, 6.45) is 0.675. The van der Waals surface area contributed by atoms with Crippen LogP contribution in [0.15, 0.2) is 18.2 Å². The van der Waals surface area contributed by atoms with Crippen molar-refractivity contribution in [1.29, 1.82) is 0 Å². The van der Waals surface area contributed by atoms with E-state index in [4.69, 9.17) is 23.2 Å². The van der Waals surface area contributed by atoms with Crippen molar-refractivity contribution < 1.29 is 14.7 Å². The molecule has 2 amide bonds. The lowest BCUT2D eigenvalue weighted by Crippen LogP contribution is -2.45. The van der Waals surface area contributed by atoms with E-state index in [0.29, 0.717) is 19.4 Å². The highest BCUT2D eigenvalue weighted by Crippen LogP contribution is 2.25. The predicted octanol–water partition coefficient (Wildman–Crippen LogP) is 2.39. The van der Waals surface area contributed by atoms with E-state index < -0.39 is 18.1 Å². The lowest BCUT2D eigenvalue weighted by molar-refractivity contribution is -0.122. The van der Waals surface area contributed by atoms with Crippen LogP contribution in [0.3, 0.4) is 0 Å². The highest BCUT2D eigenvalue weighted by molar-refractivity contribution is 6.43. The molecule has 0 bridgehead atoms. The molecule has 122 valence electrons. The Bertz CT molecular complexity index is 538. The van der Waals surface area contributed by atoms with E-state index in [1.165, 1.54) is 6.07 Å². The summed E-state index contributed by atoms with van der Waals surface area (Å²) in [5.41, 5.74) is 0.218. The van der Waals surface area contributed by atoms with Crippen molar-refractivity contribution in [3.8, 4) is 0 Å². The molecule has 0 fully saturated rings. The summed E-state index contributed by atoms with van der Waals surface area (Å²) in [6, 6.07) is 4.00. The first kappa shape index (κ1) is 18.7. The number of aliphatic hydroxyl groups is 1. The van der Waals surface area contributed by atoms with Crippen LogP contribution < -0.4 is 10.6 Å². The maximum absolute atomic E-state index is 12.1. The summed E-state index contributed by atoms with van der Waals surface area (Å²) in [5, 5.41) is 15.1. The molecule has 3 N–H and O–H groups in total. The van der Waals surface area contributed by atoms with E-state index in [-0.39, 0.29) is 21.5 Å². The van der Waals surface area contributed by atoms with Crippen LogP contribution in [0.25, 0.3) is 0 Å². The van der Waals surface area contributed by atoms with Crippen molar-refractivity contribution in [1.82, 2.24) is 10.6 Å². The first-order chi connectivity index (χ1) is 10.4. The molecule has 0 aliphatic heterocycles. The number of rotatable bonds is 7. The average molecular weight is 347 g/mol. The molecule has 1 rings (SSSR count). The fraction of sp³-hybridized carbons (Fsp3) is 0.467. The zero-order chi connectivity index (χ0) is 16.7. The zero-order valence-electron chi connectivity index (χ0n) is 12.5. The van der Waals surface area contributed by atoms with Crippen LogP contribution in [0.1, 0.15) is 37.0 Å². The summed E-state index contributed by atoms with van der Waals surface area (Å²) in [7, 11) is 0. The number of carbonyl (C=O) groups is 2. The van der Waals surface area contributed by atoms with Crippen LogP contribution in [0.5, 0.6) is 0 Å². The van der Waals surface area contributed by atoms with Gasteiger partial charge in [-0.05, 0) is 31.9 Å². The third kappa shape index (κ3) is 5.48. The van der Waals surface area contributed by atoms with Gasteiger partial charge in [0.05, 0.1) is 21.7 Å². The molecule has 2 unspecified atom stereocenters. The topological polar surface area (TPSA) is 78.4 Å². The Morgan fingerprint density at radius 1 is 1.32 bits per heavy atom. The Morgan fingerprint density at radius 3 is 2.64 bits per heavy atom. The molecular weight excluding hydrogens is 327 g/mol. The fourth-order valence-corrected chi connectivity index (χ4v) is 2.12. The number of hydrogen-bond acceptors (Lipinski definition) is 3. The number of hydrogen-bond donors (Lipinski definition) is 3. The van der Waals surface area contributed by atoms with Gasteiger partial charge in [0.2, 0.25) is 5.91 Å². The van der Waals surface area contributed by atoms with E-state index in [9.17, 15) is 14.7 Å². The maximum Gasteiger partial charge on any atom is 0.253 e. The van der Waals surface area contributed by atoms with Crippen molar-refractivity contribution in [3.05, 3.63) is 33.8 Å². The van der Waals surface area contributed by atoms with E-state index in [2.05, 4.69) is 10.6 Å². The van der Waals surface area contributed by atoms with Gasteiger partial charge in [-0.25, -0.2) is 0 Å². The first-order valence-corrected chi connectivity index (χ1v) is 7.83. The van der Waals surface area contributed by atoms with Crippen molar-refractivity contribution in [2.75, 3.05) is 6.54 Å². The molecule has 0 aliphatic carbocycles. The second kappa shape index (κ2) is 8.98. The summed E-state index contributed by atoms with van der Waals surface area (Å²) in [4.78, 5) is 24.0. The third-order valence-electron chi connectivity index (χ3n) is 3.19. The molecule has 7 heteroatoms. The molecular formula is C15H20Cl2N2O3. The van der Waals surface area contributed by atoms with Gasteiger partial charge in [0, 0.05) is 6.54 Å². The molecule has 0 aliphatic rings. The molecule has 0 aromatic heterocycles. The number of benzene rings is 1. The fourth-order valence-electron chi connectivity index (χ4n) is 1.74. The lowest BCUT2D eigenvalue weighted by atomic mass is 10.2. The normalized spacial score (nSPS) is 13.3. The summed E-state index contributed by atoms with van der Waals surface area (Å²) >= 11 is 11.8. The minimum atomic E-state index is -0.721. The SMILES string of the molecule is CCC(O)CCNC(=O)C(C)NC(=O)c1cccc(Cl)c1Cl. The molecule has 1 aromatic carbocycles. The smallest absolute Gasteiger partial charge is 0.253 e. The van der Waals surface area contributed by atoms with Gasteiger partial charge in [0.15, 0.2) is 0 Å². The van der Waals surface area contributed by atoms with E-state index in [1.807, 2.05) is 6.92 Å². The predicted molar refractivity (Wildman–Crippen MR) is 87.3 cm³/mol. The van der Waals surface area contributed by atoms with Crippen LogP contribution >= 0.6 is 23.2 Å². The quantitative estimate of drug-likeness (QED) is 0.709. The Balaban J connectivity index is 2.53. The van der Waals surface area contributed by atoms with Gasteiger partial charge in [-0.2, -0.15) is 0 Å². The molecule has 5 nitrogen and oxygen atoms in total. The summed E-state index contributed by atoms with van der Waals surface area (Å²) in [5.74, 6) is -0.793. The molecule has 0 spiro atoms. The highest BCUT2D eigenvalue weighted by Gasteiger charge is 2.19. The lowest BCUT2D eigenvalue weighted by Gasteiger charge is -2.15. The minimum absolute atomic E-state index is 0.153. The van der Waals surface area contributed by atoms with Crippen LogP contribution in [0, 0.1) is 0 Å². The van der Waals surface area contributed by atoms with Crippen LogP contribution in [-0.2, 0) is 4.79 Å². The van der Waals surface area contributed by atoms with Gasteiger partial charge in [0.25, 0.3) is 5.91 Å². The van der Waals surface area contributed by atoms with Crippen LogP contribution in [0.4, 0.5) is 0 Å². The molecule has 0 saturated heterocycles. The highest BCUT2D eigenvalue weighted by atomic mass is 35.5. The number of carbonyl (C=O) groups excluding carboxylic acids is 2. The number of nitrogens with one attached hydrogen (secondary N) is 2. The summed E-state index contributed by atoms with van der Waals surface area (Å²) < 4.78 is 0. The van der Waals surface area contributed by atoms with Gasteiger partial charge in [0.1, 0.15) is 6.04 Å². The average Bonchev–Trinajstić information content (AvgIpc) is 2.49. The van der Waals surface area contributed by atoms with E-state index in [0.717, 1.165) is 0 Å². The number of aliphatic hydroxyl groups excluding tert-OH is 1. The molecule has 0 saturated carbocycles. The number of amides is 2. The monoisotopic (exact) mass is 346 g/mol. The Kier molecular flexibility index (Phi) is 7.65. The standard InChI is InChI=1S/C15H20Cl2N2O3/c1-3-10(20)7-8-18-14(21)9(2)19-15(22)11-5-4-6-12(16)13(11)17/h4-6,9-10,20H,3,7-8H2,1-2H3,(H,18,21)(H,19,22). The largest absolute Gasteiger partial charge is 0.393 e. The third-order valence-corrected chi connectivity index (χ3v) is 4.00. The van der Waals surface area contributed by atoms with Crippen LogP contribution in [-0.4, -0.2) is 35.6 Å². The van der Waals surface area contributed by atoms with Gasteiger partial charge in [-0.15, -0.1) is 0 Å². The second-order valence-corrected chi connectivity index (χ2v) is 5.72. The van der Waals surface area contributed by atoms with Crippen molar-refractivity contribution in [2.24, 2.45) is 0 Å². The van der Waals surface area contributed by atoms with Gasteiger partial charge >= 0.3 is 0 Å². The Labute approximate surface area is 140 Å². The second-order valence-electron chi connectivity index (χ2n) is 4.94. The minimum Gasteiger partial charge on any atom is -0.393 e. The van der Waals surface area contributed by atoms with E-state index >= 15 is 0 Å². The Morgan fingerprint density at radius 2 is 2.00 bits per heavy atom. The number of halogens is 2.